The lowest BCUT2D eigenvalue weighted by atomic mass is 10.1. The topological polar surface area (TPSA) is 12.0 Å². The van der Waals surface area contributed by atoms with Gasteiger partial charge in [0.1, 0.15) is 0 Å². The summed E-state index contributed by atoms with van der Waals surface area (Å²) >= 11 is 7.56. The van der Waals surface area contributed by atoms with E-state index in [2.05, 4.69) is 37.5 Å². The zero-order chi connectivity index (χ0) is 12.7. The van der Waals surface area contributed by atoms with Crippen LogP contribution in [0.25, 0.3) is 0 Å². The van der Waals surface area contributed by atoms with Crippen LogP contribution < -0.4 is 5.32 Å². The van der Waals surface area contributed by atoms with Crippen molar-refractivity contribution >= 4 is 22.9 Å². The first-order valence-corrected chi connectivity index (χ1v) is 7.89. The minimum atomic E-state index is 0.403. The van der Waals surface area contributed by atoms with Gasteiger partial charge in [0.25, 0.3) is 0 Å². The Morgan fingerprint density at radius 1 is 1.29 bits per heavy atom. The largest absolute Gasteiger partial charge is 0.308 e. The Kier molecular flexibility index (Phi) is 7.17. The predicted octanol–water partition coefficient (Wildman–Crippen LogP) is 5.41. The van der Waals surface area contributed by atoms with E-state index < -0.39 is 0 Å². The van der Waals surface area contributed by atoms with Gasteiger partial charge in [-0.15, -0.1) is 11.3 Å². The first kappa shape index (κ1) is 15.0. The van der Waals surface area contributed by atoms with Crippen molar-refractivity contribution in [3.05, 3.63) is 21.3 Å². The molecule has 0 bridgehead atoms. The van der Waals surface area contributed by atoms with E-state index in [9.17, 15) is 0 Å². The van der Waals surface area contributed by atoms with Crippen molar-refractivity contribution in [2.24, 2.45) is 0 Å². The fourth-order valence-electron chi connectivity index (χ4n) is 2.03. The van der Waals surface area contributed by atoms with E-state index in [0.29, 0.717) is 12.1 Å². The second-order valence-corrected chi connectivity index (χ2v) is 6.37. The second-order valence-electron chi connectivity index (χ2n) is 4.82. The number of halogens is 1. The highest BCUT2D eigenvalue weighted by Crippen LogP contribution is 2.25. The summed E-state index contributed by atoms with van der Waals surface area (Å²) in [5, 5.41) is 5.78. The Hall–Kier alpha value is -0.0500. The van der Waals surface area contributed by atoms with Crippen LogP contribution in [0.1, 0.15) is 64.5 Å². The molecule has 0 amide bonds. The van der Waals surface area contributed by atoms with Gasteiger partial charge in [0, 0.05) is 12.1 Å². The first-order chi connectivity index (χ1) is 8.13. The number of rotatable bonds is 8. The van der Waals surface area contributed by atoms with Crippen LogP contribution in [-0.4, -0.2) is 6.04 Å². The molecule has 3 heteroatoms. The van der Waals surface area contributed by atoms with Crippen molar-refractivity contribution in [1.29, 1.82) is 0 Å². The summed E-state index contributed by atoms with van der Waals surface area (Å²) in [6.45, 7) is 6.74. The molecule has 17 heavy (non-hydrogen) atoms. The Morgan fingerprint density at radius 3 is 2.65 bits per heavy atom. The van der Waals surface area contributed by atoms with E-state index >= 15 is 0 Å². The van der Waals surface area contributed by atoms with Crippen LogP contribution in [0.2, 0.25) is 4.34 Å². The van der Waals surface area contributed by atoms with Gasteiger partial charge in [0.2, 0.25) is 0 Å². The molecule has 0 saturated heterocycles. The maximum atomic E-state index is 5.95. The molecule has 1 N–H and O–H groups in total. The first-order valence-electron chi connectivity index (χ1n) is 6.63. The Balaban J connectivity index is 2.23. The molecule has 2 atom stereocenters. The average molecular weight is 274 g/mol. The lowest BCUT2D eigenvalue weighted by Crippen LogP contribution is -2.28. The summed E-state index contributed by atoms with van der Waals surface area (Å²) < 4.78 is 0.879. The van der Waals surface area contributed by atoms with Gasteiger partial charge < -0.3 is 5.32 Å². The van der Waals surface area contributed by atoms with E-state index in [1.165, 1.54) is 37.7 Å². The van der Waals surface area contributed by atoms with Crippen LogP contribution in [0.3, 0.4) is 0 Å². The Morgan fingerprint density at radius 2 is 2.06 bits per heavy atom. The Bertz CT molecular complexity index is 311. The minimum absolute atomic E-state index is 0.403. The zero-order valence-corrected chi connectivity index (χ0v) is 12.7. The van der Waals surface area contributed by atoms with Crippen LogP contribution >= 0.6 is 22.9 Å². The maximum absolute atomic E-state index is 5.95. The third-order valence-electron chi connectivity index (χ3n) is 3.11. The molecule has 2 unspecified atom stereocenters. The molecule has 0 aliphatic rings. The third kappa shape index (κ3) is 5.89. The van der Waals surface area contributed by atoms with Gasteiger partial charge in [-0.3, -0.25) is 0 Å². The summed E-state index contributed by atoms with van der Waals surface area (Å²) in [6.07, 6.45) is 6.64. The number of nitrogens with one attached hydrogen (secondary N) is 1. The molecule has 1 heterocycles. The van der Waals surface area contributed by atoms with Crippen LogP contribution in [0.15, 0.2) is 11.4 Å². The number of hydrogen-bond acceptors (Lipinski definition) is 2. The van der Waals surface area contributed by atoms with Gasteiger partial charge in [-0.1, -0.05) is 44.2 Å². The molecule has 0 aliphatic heterocycles. The zero-order valence-electron chi connectivity index (χ0n) is 11.1. The molecule has 1 aromatic rings. The molecule has 98 valence electrons. The van der Waals surface area contributed by atoms with E-state index in [-0.39, 0.29) is 0 Å². The fraction of sp³-hybridized carbons (Fsp3) is 0.714. The van der Waals surface area contributed by atoms with Crippen molar-refractivity contribution in [2.75, 3.05) is 0 Å². The summed E-state index contributed by atoms with van der Waals surface area (Å²) in [5.74, 6) is 0. The molecular weight excluding hydrogens is 250 g/mol. The van der Waals surface area contributed by atoms with Crippen LogP contribution in [0.5, 0.6) is 0 Å². The fourth-order valence-corrected chi connectivity index (χ4v) is 3.02. The summed E-state index contributed by atoms with van der Waals surface area (Å²) in [7, 11) is 0. The van der Waals surface area contributed by atoms with E-state index in [1.54, 1.807) is 11.3 Å². The highest BCUT2D eigenvalue weighted by atomic mass is 35.5. The highest BCUT2D eigenvalue weighted by Gasteiger charge is 2.10. The number of unbranched alkanes of at least 4 members (excludes halogenated alkanes) is 3. The highest BCUT2D eigenvalue weighted by molar-refractivity contribution is 7.14. The lowest BCUT2D eigenvalue weighted by molar-refractivity contribution is 0.438. The molecule has 0 radical (unpaired) electrons. The van der Waals surface area contributed by atoms with Crippen LogP contribution in [-0.2, 0) is 0 Å². The monoisotopic (exact) mass is 273 g/mol. The average Bonchev–Trinajstić information content (AvgIpc) is 2.71. The van der Waals surface area contributed by atoms with E-state index in [1.807, 2.05) is 0 Å². The quantitative estimate of drug-likeness (QED) is 0.625. The molecular formula is C14H24ClNS. The van der Waals surface area contributed by atoms with Gasteiger partial charge in [0.05, 0.1) is 4.34 Å². The van der Waals surface area contributed by atoms with E-state index in [0.717, 1.165) is 4.34 Å². The minimum Gasteiger partial charge on any atom is -0.308 e. The second kappa shape index (κ2) is 8.12. The SMILES string of the molecule is CCCCCCC(C)NC(C)c1csc(Cl)c1. The smallest absolute Gasteiger partial charge is 0.0931 e. The maximum Gasteiger partial charge on any atom is 0.0931 e. The summed E-state index contributed by atoms with van der Waals surface area (Å²) in [4.78, 5) is 0. The van der Waals surface area contributed by atoms with Crippen molar-refractivity contribution in [2.45, 2.75) is 65.0 Å². The van der Waals surface area contributed by atoms with Crippen molar-refractivity contribution in [3.8, 4) is 0 Å². The van der Waals surface area contributed by atoms with Crippen LogP contribution in [0.4, 0.5) is 0 Å². The molecule has 1 rings (SSSR count). The van der Waals surface area contributed by atoms with Crippen molar-refractivity contribution < 1.29 is 0 Å². The number of hydrogen-bond donors (Lipinski definition) is 1. The van der Waals surface area contributed by atoms with Crippen LogP contribution in [0, 0.1) is 0 Å². The van der Waals surface area contributed by atoms with Crippen molar-refractivity contribution in [3.63, 3.8) is 0 Å². The van der Waals surface area contributed by atoms with Gasteiger partial charge in [0.15, 0.2) is 0 Å². The normalized spacial score (nSPS) is 14.8. The predicted molar refractivity (Wildman–Crippen MR) is 79.1 cm³/mol. The molecule has 0 aromatic carbocycles. The summed E-state index contributed by atoms with van der Waals surface area (Å²) in [5.41, 5.74) is 1.31. The number of thiophene rings is 1. The van der Waals surface area contributed by atoms with Gasteiger partial charge in [-0.2, -0.15) is 0 Å². The molecule has 0 saturated carbocycles. The molecule has 1 aromatic heterocycles. The van der Waals surface area contributed by atoms with Gasteiger partial charge in [-0.25, -0.2) is 0 Å². The molecule has 0 fully saturated rings. The molecule has 0 aliphatic carbocycles. The van der Waals surface area contributed by atoms with Gasteiger partial charge in [-0.05, 0) is 37.3 Å². The molecule has 0 spiro atoms. The standard InChI is InChI=1S/C14H24ClNS/c1-4-5-6-7-8-11(2)16-12(3)13-9-14(15)17-10-13/h9-12,16H,4-8H2,1-3H3. The Labute approximate surface area is 115 Å². The van der Waals surface area contributed by atoms with Gasteiger partial charge >= 0.3 is 0 Å². The summed E-state index contributed by atoms with van der Waals surface area (Å²) in [6, 6.07) is 3.05. The third-order valence-corrected chi connectivity index (χ3v) is 4.22. The van der Waals surface area contributed by atoms with Crippen molar-refractivity contribution in [1.82, 2.24) is 5.32 Å². The lowest BCUT2D eigenvalue weighted by Gasteiger charge is -2.19. The van der Waals surface area contributed by atoms with E-state index in [4.69, 9.17) is 11.6 Å². The molecule has 1 nitrogen and oxygen atoms in total.